The Bertz CT molecular complexity index is 762. The Morgan fingerprint density at radius 2 is 2.19 bits per heavy atom. The molecule has 2 aromatic rings. The highest BCUT2D eigenvalue weighted by Crippen LogP contribution is 2.19. The third-order valence-corrected chi connectivity index (χ3v) is 4.52. The summed E-state index contributed by atoms with van der Waals surface area (Å²) in [5, 5.41) is 14.0. The van der Waals surface area contributed by atoms with Crippen LogP contribution in [-0.4, -0.2) is 68.1 Å². The molecule has 9 heteroatoms. The fraction of sp³-hybridized carbons (Fsp3) is 0.471. The van der Waals surface area contributed by atoms with E-state index in [-0.39, 0.29) is 11.9 Å². The molecule has 3 amide bonds. The average molecular weight is 357 g/mol. The zero-order valence-corrected chi connectivity index (χ0v) is 15.0. The number of amides is 3. The fourth-order valence-corrected chi connectivity index (χ4v) is 3.03. The molecule has 1 atom stereocenters. The van der Waals surface area contributed by atoms with E-state index in [9.17, 15) is 9.59 Å². The highest BCUT2D eigenvalue weighted by molar-refractivity contribution is 5.94. The van der Waals surface area contributed by atoms with Gasteiger partial charge >= 0.3 is 6.03 Å². The molecule has 0 aliphatic carbocycles. The topological polar surface area (TPSA) is 96.2 Å². The van der Waals surface area contributed by atoms with E-state index in [0.29, 0.717) is 25.2 Å². The summed E-state index contributed by atoms with van der Waals surface area (Å²) in [4.78, 5) is 28.6. The van der Waals surface area contributed by atoms with Crippen LogP contribution >= 0.6 is 0 Å². The number of benzene rings is 1. The van der Waals surface area contributed by atoms with Crippen LogP contribution in [-0.2, 0) is 4.79 Å². The Kier molecular flexibility index (Phi) is 5.45. The first-order valence-corrected chi connectivity index (χ1v) is 8.76. The maximum Gasteiger partial charge on any atom is 0.322 e. The lowest BCUT2D eigenvalue weighted by Crippen LogP contribution is -2.58. The van der Waals surface area contributed by atoms with Crippen LogP contribution in [0.4, 0.5) is 10.5 Å². The van der Waals surface area contributed by atoms with E-state index in [4.69, 9.17) is 0 Å². The van der Waals surface area contributed by atoms with Gasteiger partial charge in [0.05, 0.1) is 5.69 Å². The molecule has 9 nitrogen and oxygen atoms in total. The van der Waals surface area contributed by atoms with Crippen molar-refractivity contribution in [2.45, 2.75) is 32.2 Å². The minimum Gasteiger partial charge on any atom is -0.342 e. The lowest BCUT2D eigenvalue weighted by Gasteiger charge is -2.39. The summed E-state index contributed by atoms with van der Waals surface area (Å²) < 4.78 is 1.51. The molecule has 1 aliphatic heterocycles. The number of urea groups is 1. The van der Waals surface area contributed by atoms with Crippen molar-refractivity contribution in [3.63, 3.8) is 0 Å². The standard InChI is InChI=1S/C17H23N7O2/c1-3-4-8-15-16(25)22(2)9-10-23(15)17(26)19-13-6-5-7-14(11-13)24-12-18-20-21-24/h5-7,11-12,15H,3-4,8-10H2,1-2H3,(H,19,26)/t15-/m0/s1. The van der Waals surface area contributed by atoms with Gasteiger partial charge in [-0.1, -0.05) is 25.8 Å². The van der Waals surface area contributed by atoms with Gasteiger partial charge in [-0.25, -0.2) is 9.48 Å². The van der Waals surface area contributed by atoms with Crippen molar-refractivity contribution in [2.75, 3.05) is 25.5 Å². The second-order valence-corrected chi connectivity index (χ2v) is 6.35. The van der Waals surface area contributed by atoms with E-state index in [0.717, 1.165) is 18.5 Å². The number of piperazine rings is 1. The third-order valence-electron chi connectivity index (χ3n) is 4.52. The molecule has 1 saturated heterocycles. The number of unbranched alkanes of at least 4 members (excludes halogenated alkanes) is 1. The van der Waals surface area contributed by atoms with Gasteiger partial charge in [-0.05, 0) is 35.0 Å². The molecule has 1 aromatic heterocycles. The van der Waals surface area contributed by atoms with E-state index >= 15 is 0 Å². The Labute approximate surface area is 152 Å². The first-order valence-electron chi connectivity index (χ1n) is 8.76. The molecule has 0 radical (unpaired) electrons. The summed E-state index contributed by atoms with van der Waals surface area (Å²) in [5.41, 5.74) is 1.37. The fourth-order valence-electron chi connectivity index (χ4n) is 3.03. The number of carbonyl (C=O) groups excluding carboxylic acids is 2. The maximum atomic E-state index is 12.8. The van der Waals surface area contributed by atoms with Crippen molar-refractivity contribution >= 4 is 17.6 Å². The van der Waals surface area contributed by atoms with Gasteiger partial charge in [0, 0.05) is 25.8 Å². The van der Waals surface area contributed by atoms with E-state index in [1.54, 1.807) is 29.0 Å². The van der Waals surface area contributed by atoms with Crippen molar-refractivity contribution in [1.29, 1.82) is 0 Å². The van der Waals surface area contributed by atoms with Crippen molar-refractivity contribution in [3.05, 3.63) is 30.6 Å². The highest BCUT2D eigenvalue weighted by Gasteiger charge is 2.35. The molecule has 0 bridgehead atoms. The van der Waals surface area contributed by atoms with E-state index in [1.807, 2.05) is 12.1 Å². The number of tetrazole rings is 1. The lowest BCUT2D eigenvalue weighted by molar-refractivity contribution is -0.138. The minimum atomic E-state index is -0.406. The van der Waals surface area contributed by atoms with Crippen molar-refractivity contribution in [2.24, 2.45) is 0 Å². The Hall–Kier alpha value is -2.97. The Morgan fingerprint density at radius 3 is 2.92 bits per heavy atom. The number of rotatable bonds is 5. The molecule has 0 spiro atoms. The second kappa shape index (κ2) is 7.94. The van der Waals surface area contributed by atoms with E-state index < -0.39 is 6.04 Å². The van der Waals surface area contributed by atoms with Gasteiger partial charge in [-0.2, -0.15) is 0 Å². The zero-order chi connectivity index (χ0) is 18.5. The number of nitrogens with one attached hydrogen (secondary N) is 1. The summed E-state index contributed by atoms with van der Waals surface area (Å²) in [6.07, 6.45) is 4.05. The molecule has 0 saturated carbocycles. The van der Waals surface area contributed by atoms with Crippen molar-refractivity contribution in [1.82, 2.24) is 30.0 Å². The van der Waals surface area contributed by atoms with Crippen LogP contribution in [0.15, 0.2) is 30.6 Å². The summed E-state index contributed by atoms with van der Waals surface area (Å²) >= 11 is 0. The molecule has 1 aromatic carbocycles. The van der Waals surface area contributed by atoms with Crippen LogP contribution < -0.4 is 5.32 Å². The zero-order valence-electron chi connectivity index (χ0n) is 15.0. The summed E-state index contributed by atoms with van der Waals surface area (Å²) in [6, 6.07) is 6.57. The molecule has 1 fully saturated rings. The average Bonchev–Trinajstić information content (AvgIpc) is 3.18. The molecule has 138 valence electrons. The van der Waals surface area contributed by atoms with Gasteiger partial charge < -0.3 is 15.1 Å². The number of aromatic nitrogens is 4. The smallest absolute Gasteiger partial charge is 0.322 e. The number of nitrogens with zero attached hydrogens (tertiary/aromatic N) is 6. The third kappa shape index (κ3) is 3.81. The quantitative estimate of drug-likeness (QED) is 0.875. The van der Waals surface area contributed by atoms with E-state index in [1.165, 1.54) is 11.0 Å². The monoisotopic (exact) mass is 357 g/mol. The van der Waals surface area contributed by atoms with Crippen LogP contribution in [0.25, 0.3) is 5.69 Å². The van der Waals surface area contributed by atoms with Crippen LogP contribution in [0, 0.1) is 0 Å². The predicted octanol–water partition coefficient (Wildman–Crippen LogP) is 1.53. The molecule has 0 unspecified atom stereocenters. The summed E-state index contributed by atoms with van der Waals surface area (Å²) in [7, 11) is 1.78. The van der Waals surface area contributed by atoms with Crippen molar-refractivity contribution in [3.8, 4) is 5.69 Å². The van der Waals surface area contributed by atoms with Gasteiger partial charge in [-0.3, -0.25) is 4.79 Å². The van der Waals surface area contributed by atoms with Crippen LogP contribution in [0.5, 0.6) is 0 Å². The summed E-state index contributed by atoms with van der Waals surface area (Å²) in [6.45, 7) is 3.14. The van der Waals surface area contributed by atoms with E-state index in [2.05, 4.69) is 27.8 Å². The molecule has 1 N–H and O–H groups in total. The molecular formula is C17H23N7O2. The number of hydrogen-bond acceptors (Lipinski definition) is 5. The molecule has 3 rings (SSSR count). The normalized spacial score (nSPS) is 17.5. The van der Waals surface area contributed by atoms with Crippen LogP contribution in [0.3, 0.4) is 0 Å². The second-order valence-electron chi connectivity index (χ2n) is 6.35. The van der Waals surface area contributed by atoms with Gasteiger partial charge in [-0.15, -0.1) is 5.10 Å². The van der Waals surface area contributed by atoms with Crippen molar-refractivity contribution < 1.29 is 9.59 Å². The minimum absolute atomic E-state index is 0.00212. The van der Waals surface area contributed by atoms with Gasteiger partial charge in [0.25, 0.3) is 0 Å². The Morgan fingerprint density at radius 1 is 1.35 bits per heavy atom. The number of carbonyl (C=O) groups is 2. The summed E-state index contributed by atoms with van der Waals surface area (Å²) in [5.74, 6) is 0.00212. The lowest BCUT2D eigenvalue weighted by atomic mass is 10.0. The van der Waals surface area contributed by atoms with Gasteiger partial charge in [0.1, 0.15) is 12.4 Å². The molecular weight excluding hydrogens is 334 g/mol. The first kappa shape index (κ1) is 17.8. The largest absolute Gasteiger partial charge is 0.342 e. The number of likely N-dealkylation sites (N-methyl/N-ethyl adjacent to an activating group) is 1. The molecule has 1 aliphatic rings. The molecule has 26 heavy (non-hydrogen) atoms. The number of hydrogen-bond donors (Lipinski definition) is 1. The van der Waals surface area contributed by atoms with Gasteiger partial charge in [0.2, 0.25) is 5.91 Å². The van der Waals surface area contributed by atoms with Gasteiger partial charge in [0.15, 0.2) is 0 Å². The van der Waals surface area contributed by atoms with Crippen LogP contribution in [0.2, 0.25) is 0 Å². The SMILES string of the molecule is CCCC[C@H]1C(=O)N(C)CCN1C(=O)Nc1cccc(-n2cnnn2)c1. The number of anilines is 1. The predicted molar refractivity (Wildman–Crippen MR) is 95.8 cm³/mol. The van der Waals surface area contributed by atoms with Crippen LogP contribution in [0.1, 0.15) is 26.2 Å². The first-order chi connectivity index (χ1) is 12.6. The maximum absolute atomic E-state index is 12.8. The Balaban J connectivity index is 1.74. The molecule has 2 heterocycles. The highest BCUT2D eigenvalue weighted by atomic mass is 16.2.